The molecule has 0 bridgehead atoms. The molecule has 1 unspecified atom stereocenters. The number of aryl methyl sites for hydroxylation is 1. The van der Waals surface area contributed by atoms with Crippen LogP contribution in [0.5, 0.6) is 0 Å². The van der Waals surface area contributed by atoms with Crippen molar-refractivity contribution in [1.82, 2.24) is 5.32 Å². The van der Waals surface area contributed by atoms with Gasteiger partial charge in [-0.05, 0) is 68.7 Å². The summed E-state index contributed by atoms with van der Waals surface area (Å²) in [6, 6.07) is 7.70. The van der Waals surface area contributed by atoms with Crippen molar-refractivity contribution in [1.29, 1.82) is 0 Å². The molecule has 1 aliphatic rings. The van der Waals surface area contributed by atoms with Gasteiger partial charge in [0, 0.05) is 10.4 Å². The normalized spacial score (nSPS) is 13.3. The Labute approximate surface area is 213 Å². The summed E-state index contributed by atoms with van der Waals surface area (Å²) >= 11 is 2.91. The third-order valence-corrected chi connectivity index (χ3v) is 7.34. The van der Waals surface area contributed by atoms with Gasteiger partial charge in [-0.2, -0.15) is 11.8 Å². The number of fused-ring (bicyclic) bond motifs is 1. The van der Waals surface area contributed by atoms with Crippen LogP contribution in [0.2, 0.25) is 0 Å². The first-order chi connectivity index (χ1) is 16.9. The van der Waals surface area contributed by atoms with Crippen LogP contribution in [0.25, 0.3) is 0 Å². The zero-order chi connectivity index (χ0) is 25.2. The van der Waals surface area contributed by atoms with Crippen molar-refractivity contribution in [3.8, 4) is 0 Å². The fourth-order valence-corrected chi connectivity index (χ4v) is 5.55. The van der Waals surface area contributed by atoms with Gasteiger partial charge in [0.15, 0.2) is 6.61 Å². The number of rotatable bonds is 11. The predicted molar refractivity (Wildman–Crippen MR) is 137 cm³/mol. The van der Waals surface area contributed by atoms with Crippen molar-refractivity contribution in [3.05, 3.63) is 51.9 Å². The van der Waals surface area contributed by atoms with Gasteiger partial charge in [-0.1, -0.05) is 18.2 Å². The van der Waals surface area contributed by atoms with E-state index in [0.717, 1.165) is 36.1 Å². The summed E-state index contributed by atoms with van der Waals surface area (Å²) in [6.45, 7) is 1.44. The molecule has 0 saturated carbocycles. The summed E-state index contributed by atoms with van der Waals surface area (Å²) in [4.78, 5) is 51.5. The summed E-state index contributed by atoms with van der Waals surface area (Å²) in [6.07, 6.45) is 5.90. The zero-order valence-electron chi connectivity index (χ0n) is 19.9. The maximum absolute atomic E-state index is 12.7. The molecule has 2 aromatic rings. The Morgan fingerprint density at radius 3 is 2.54 bits per heavy atom. The van der Waals surface area contributed by atoms with Crippen LogP contribution in [0.1, 0.15) is 57.3 Å². The van der Waals surface area contributed by atoms with Gasteiger partial charge in [-0.25, -0.2) is 9.59 Å². The lowest BCUT2D eigenvalue weighted by molar-refractivity contribution is -0.149. The Bertz CT molecular complexity index is 1050. The molecule has 0 fully saturated rings. The summed E-state index contributed by atoms with van der Waals surface area (Å²) in [5.41, 5.74) is 1.77. The largest absolute Gasteiger partial charge is 0.462 e. The van der Waals surface area contributed by atoms with E-state index in [9.17, 15) is 19.2 Å². The molecule has 1 aliphatic carbocycles. The van der Waals surface area contributed by atoms with Gasteiger partial charge >= 0.3 is 11.9 Å². The van der Waals surface area contributed by atoms with Gasteiger partial charge in [0.25, 0.3) is 11.8 Å². The van der Waals surface area contributed by atoms with Gasteiger partial charge < -0.3 is 20.1 Å². The molecule has 0 spiro atoms. The Morgan fingerprint density at radius 1 is 1.09 bits per heavy atom. The lowest BCUT2D eigenvalue weighted by Crippen LogP contribution is -2.43. The summed E-state index contributed by atoms with van der Waals surface area (Å²) in [7, 11) is 0. The number of hydrogen-bond acceptors (Lipinski definition) is 8. The second-order valence-corrected chi connectivity index (χ2v) is 10.1. The molecule has 3 rings (SSSR count). The van der Waals surface area contributed by atoms with E-state index in [1.165, 1.54) is 23.1 Å². The molecule has 0 aliphatic heterocycles. The van der Waals surface area contributed by atoms with Crippen molar-refractivity contribution in [2.45, 2.75) is 45.1 Å². The molecule has 1 aromatic heterocycles. The molecule has 35 heavy (non-hydrogen) atoms. The van der Waals surface area contributed by atoms with Gasteiger partial charge in [0.1, 0.15) is 11.0 Å². The van der Waals surface area contributed by atoms with Crippen LogP contribution in [0.4, 0.5) is 5.00 Å². The monoisotopic (exact) mass is 518 g/mol. The van der Waals surface area contributed by atoms with Crippen LogP contribution < -0.4 is 10.6 Å². The number of thiophene rings is 1. The number of benzene rings is 1. The molecule has 1 atom stereocenters. The van der Waals surface area contributed by atoms with Crippen LogP contribution >= 0.6 is 23.1 Å². The number of amides is 2. The van der Waals surface area contributed by atoms with E-state index in [4.69, 9.17) is 9.47 Å². The number of carbonyl (C=O) groups is 4. The number of thioether (sulfide) groups is 1. The maximum atomic E-state index is 12.7. The molecule has 0 radical (unpaired) electrons. The Morgan fingerprint density at radius 2 is 1.83 bits per heavy atom. The molecule has 0 saturated heterocycles. The van der Waals surface area contributed by atoms with Crippen molar-refractivity contribution in [2.24, 2.45) is 0 Å². The first-order valence-electron chi connectivity index (χ1n) is 11.6. The average molecular weight is 519 g/mol. The van der Waals surface area contributed by atoms with Gasteiger partial charge in [-0.15, -0.1) is 11.3 Å². The van der Waals surface area contributed by atoms with E-state index >= 15 is 0 Å². The van der Waals surface area contributed by atoms with Crippen LogP contribution in [0, 0.1) is 0 Å². The average Bonchev–Trinajstić information content (AvgIpc) is 3.23. The smallest absolute Gasteiger partial charge is 0.341 e. The Kier molecular flexibility index (Phi) is 10.2. The molecule has 1 heterocycles. The first-order valence-corrected chi connectivity index (χ1v) is 13.8. The van der Waals surface area contributed by atoms with Gasteiger partial charge in [0.05, 0.1) is 12.2 Å². The molecule has 1 aromatic carbocycles. The molecule has 2 amide bonds. The summed E-state index contributed by atoms with van der Waals surface area (Å²) in [5, 5.41) is 5.84. The van der Waals surface area contributed by atoms with Crippen molar-refractivity contribution >= 4 is 51.9 Å². The first kappa shape index (κ1) is 26.7. The maximum Gasteiger partial charge on any atom is 0.341 e. The SMILES string of the molecule is CCOC(=O)c1c(NC(=O)COC(=O)C(CCSC)NC(=O)c2ccccc2)sc2c1CCCC2. The number of ether oxygens (including phenoxy) is 2. The summed E-state index contributed by atoms with van der Waals surface area (Å²) in [5.74, 6) is -1.46. The van der Waals surface area contributed by atoms with E-state index in [-0.39, 0.29) is 12.5 Å². The highest BCUT2D eigenvalue weighted by atomic mass is 32.2. The van der Waals surface area contributed by atoms with Crippen molar-refractivity contribution < 1.29 is 28.7 Å². The minimum absolute atomic E-state index is 0.237. The molecule has 8 nitrogen and oxygen atoms in total. The lowest BCUT2D eigenvalue weighted by atomic mass is 9.95. The second kappa shape index (κ2) is 13.3. The molecular weight excluding hydrogens is 488 g/mol. The van der Waals surface area contributed by atoms with Gasteiger partial charge in [-0.3, -0.25) is 9.59 Å². The number of nitrogens with one attached hydrogen (secondary N) is 2. The number of anilines is 1. The van der Waals surface area contributed by atoms with E-state index in [0.29, 0.717) is 28.3 Å². The second-order valence-electron chi connectivity index (χ2n) is 7.96. The molecule has 10 heteroatoms. The Balaban J connectivity index is 1.63. The molecule has 2 N–H and O–H groups in total. The predicted octanol–water partition coefficient (Wildman–Crippen LogP) is 3.84. The van der Waals surface area contributed by atoms with E-state index in [1.807, 2.05) is 6.26 Å². The fourth-order valence-electron chi connectivity index (χ4n) is 3.79. The fraction of sp³-hybridized carbons (Fsp3) is 0.440. The third kappa shape index (κ3) is 7.32. The quantitative estimate of drug-likeness (QED) is 0.435. The number of carbonyl (C=O) groups excluding carboxylic acids is 4. The van der Waals surface area contributed by atoms with Crippen molar-refractivity contribution in [2.75, 3.05) is 30.5 Å². The third-order valence-electron chi connectivity index (χ3n) is 5.49. The van der Waals surface area contributed by atoms with E-state index in [1.54, 1.807) is 37.3 Å². The molecular formula is C25H30N2O6S2. The lowest BCUT2D eigenvalue weighted by Gasteiger charge is -2.17. The highest BCUT2D eigenvalue weighted by Gasteiger charge is 2.28. The van der Waals surface area contributed by atoms with Crippen LogP contribution in [0.3, 0.4) is 0 Å². The van der Waals surface area contributed by atoms with E-state index < -0.39 is 30.5 Å². The molecule has 188 valence electrons. The van der Waals surface area contributed by atoms with Crippen LogP contribution in [-0.4, -0.2) is 55.0 Å². The summed E-state index contributed by atoms with van der Waals surface area (Å²) < 4.78 is 10.4. The highest BCUT2D eigenvalue weighted by Crippen LogP contribution is 2.38. The standard InChI is InChI=1S/C25H30N2O6S2/c1-3-32-25(31)21-17-11-7-8-12-19(17)35-23(21)27-20(28)15-33-24(30)18(13-14-34-2)26-22(29)16-9-5-4-6-10-16/h4-6,9-10,18H,3,7-8,11-15H2,1-2H3,(H,26,29)(H,27,28). The van der Waals surface area contributed by atoms with E-state index in [2.05, 4.69) is 10.6 Å². The van der Waals surface area contributed by atoms with Crippen LogP contribution in [-0.2, 0) is 31.9 Å². The van der Waals surface area contributed by atoms with Crippen LogP contribution in [0.15, 0.2) is 30.3 Å². The number of hydrogen-bond donors (Lipinski definition) is 2. The minimum atomic E-state index is -0.882. The van der Waals surface area contributed by atoms with Crippen molar-refractivity contribution in [3.63, 3.8) is 0 Å². The Hall–Kier alpha value is -2.85. The minimum Gasteiger partial charge on any atom is -0.462 e. The highest BCUT2D eigenvalue weighted by molar-refractivity contribution is 7.98. The topological polar surface area (TPSA) is 111 Å². The van der Waals surface area contributed by atoms with Gasteiger partial charge in [0.2, 0.25) is 0 Å². The zero-order valence-corrected chi connectivity index (χ0v) is 21.5. The number of esters is 2.